The third-order valence-corrected chi connectivity index (χ3v) is 3.81. The van der Waals surface area contributed by atoms with Crippen LogP contribution in [0, 0.1) is 0 Å². The molecule has 0 radical (unpaired) electrons. The highest BCUT2D eigenvalue weighted by Crippen LogP contribution is 2.20. The number of nitrogens with zero attached hydrogens (tertiary/aromatic N) is 1. The second kappa shape index (κ2) is 7.38. The summed E-state index contributed by atoms with van der Waals surface area (Å²) in [4.78, 5) is 14.4. The molecule has 1 aliphatic heterocycles. The maximum atomic E-state index is 12.0. The van der Waals surface area contributed by atoms with Crippen molar-refractivity contribution in [1.82, 2.24) is 10.2 Å². The van der Waals surface area contributed by atoms with Crippen LogP contribution in [0.5, 0.6) is 0 Å². The van der Waals surface area contributed by atoms with E-state index in [1.807, 2.05) is 6.92 Å². The third-order valence-electron chi connectivity index (χ3n) is 3.81. The molecule has 1 saturated carbocycles. The topological polar surface area (TPSA) is 50.8 Å². The van der Waals surface area contributed by atoms with E-state index in [-0.39, 0.29) is 24.2 Å². The summed E-state index contributed by atoms with van der Waals surface area (Å²) in [5, 5.41) is 3.41. The largest absolute Gasteiger partial charge is 0.465 e. The molecule has 0 aromatic heterocycles. The smallest absolute Gasteiger partial charge is 0.323 e. The Morgan fingerprint density at radius 3 is 2.55 bits per heavy atom. The van der Waals surface area contributed by atoms with Crippen molar-refractivity contribution in [3.63, 3.8) is 0 Å². The molecule has 1 N–H and O–H groups in total. The predicted octanol–water partition coefficient (Wildman–Crippen LogP) is 1.17. The van der Waals surface area contributed by atoms with Crippen molar-refractivity contribution in [1.29, 1.82) is 0 Å². The number of rotatable bonds is 7. The van der Waals surface area contributed by atoms with Gasteiger partial charge in [-0.15, -0.1) is 0 Å². The minimum atomic E-state index is -0.157. The van der Waals surface area contributed by atoms with E-state index in [0.29, 0.717) is 12.6 Å². The zero-order chi connectivity index (χ0) is 14.5. The first-order chi connectivity index (χ1) is 9.58. The second-order valence-electron chi connectivity index (χ2n) is 6.05. The molecular formula is C15H28N2O3. The third kappa shape index (κ3) is 5.04. The van der Waals surface area contributed by atoms with Gasteiger partial charge in [-0.25, -0.2) is 0 Å². The average molecular weight is 284 g/mol. The highest BCUT2D eigenvalue weighted by molar-refractivity contribution is 5.75. The molecule has 2 aliphatic rings. The van der Waals surface area contributed by atoms with Gasteiger partial charge in [0.15, 0.2) is 0 Å². The van der Waals surface area contributed by atoms with Gasteiger partial charge in [-0.1, -0.05) is 0 Å². The van der Waals surface area contributed by atoms with Gasteiger partial charge < -0.3 is 14.8 Å². The number of ether oxygens (including phenoxy) is 2. The summed E-state index contributed by atoms with van der Waals surface area (Å²) in [5.41, 5.74) is 0. The van der Waals surface area contributed by atoms with Gasteiger partial charge in [0.25, 0.3) is 0 Å². The summed E-state index contributed by atoms with van der Waals surface area (Å²) < 4.78 is 10.9. The molecule has 20 heavy (non-hydrogen) atoms. The van der Waals surface area contributed by atoms with Gasteiger partial charge in [-0.3, -0.25) is 9.69 Å². The lowest BCUT2D eigenvalue weighted by molar-refractivity contribution is -0.146. The van der Waals surface area contributed by atoms with Crippen LogP contribution < -0.4 is 5.32 Å². The van der Waals surface area contributed by atoms with Gasteiger partial charge in [0.05, 0.1) is 18.8 Å². The van der Waals surface area contributed by atoms with Crippen molar-refractivity contribution in [3.8, 4) is 0 Å². The molecule has 0 spiro atoms. The normalized spacial score (nSPS) is 29.1. The number of hydrogen-bond acceptors (Lipinski definition) is 5. The summed E-state index contributed by atoms with van der Waals surface area (Å²) in [6, 6.07) is 0.364. The van der Waals surface area contributed by atoms with Crippen molar-refractivity contribution in [2.75, 3.05) is 26.2 Å². The fourth-order valence-electron chi connectivity index (χ4n) is 2.83. The summed E-state index contributed by atoms with van der Waals surface area (Å²) >= 11 is 0. The molecule has 0 aromatic rings. The number of carbonyl (C=O) groups is 1. The zero-order valence-electron chi connectivity index (χ0n) is 12.9. The SMILES string of the molecule is CCOC(=O)C(CCN1C[C@@H](C)O[C@@H](C)C1)NC1CC1. The Labute approximate surface area is 122 Å². The lowest BCUT2D eigenvalue weighted by atomic mass is 10.1. The molecule has 1 saturated heterocycles. The van der Waals surface area contributed by atoms with Gasteiger partial charge in [0.1, 0.15) is 6.04 Å². The fraction of sp³-hybridized carbons (Fsp3) is 0.933. The summed E-state index contributed by atoms with van der Waals surface area (Å²) in [5.74, 6) is -0.103. The zero-order valence-corrected chi connectivity index (χ0v) is 12.9. The van der Waals surface area contributed by atoms with Crippen molar-refractivity contribution in [2.45, 2.75) is 64.3 Å². The van der Waals surface area contributed by atoms with Crippen LogP contribution in [-0.4, -0.2) is 61.4 Å². The van der Waals surface area contributed by atoms with E-state index in [0.717, 1.165) is 26.1 Å². The number of morpholine rings is 1. The predicted molar refractivity (Wildman–Crippen MR) is 77.6 cm³/mol. The number of hydrogen-bond donors (Lipinski definition) is 1. The van der Waals surface area contributed by atoms with Crippen LogP contribution in [-0.2, 0) is 14.3 Å². The van der Waals surface area contributed by atoms with Crippen LogP contribution in [0.15, 0.2) is 0 Å². The van der Waals surface area contributed by atoms with Crippen molar-refractivity contribution in [3.05, 3.63) is 0 Å². The Hall–Kier alpha value is -0.650. The van der Waals surface area contributed by atoms with E-state index in [1.54, 1.807) is 0 Å². The number of nitrogens with one attached hydrogen (secondary N) is 1. The maximum absolute atomic E-state index is 12.0. The molecule has 3 atom stereocenters. The average Bonchev–Trinajstić information content (AvgIpc) is 3.17. The molecular weight excluding hydrogens is 256 g/mol. The van der Waals surface area contributed by atoms with Crippen LogP contribution in [0.4, 0.5) is 0 Å². The molecule has 0 bridgehead atoms. The Morgan fingerprint density at radius 1 is 1.35 bits per heavy atom. The van der Waals surface area contributed by atoms with Crippen molar-refractivity contribution < 1.29 is 14.3 Å². The first-order valence-corrected chi connectivity index (χ1v) is 7.89. The Balaban J connectivity index is 1.79. The number of carbonyl (C=O) groups excluding carboxylic acids is 1. The van der Waals surface area contributed by atoms with E-state index in [1.165, 1.54) is 12.8 Å². The first kappa shape index (κ1) is 15.7. The van der Waals surface area contributed by atoms with Crippen LogP contribution in [0.25, 0.3) is 0 Å². The number of esters is 1. The van der Waals surface area contributed by atoms with E-state index < -0.39 is 0 Å². The molecule has 0 amide bonds. The molecule has 2 rings (SSSR count). The van der Waals surface area contributed by atoms with Crippen LogP contribution in [0.1, 0.15) is 40.0 Å². The van der Waals surface area contributed by atoms with Gasteiger partial charge in [-0.2, -0.15) is 0 Å². The van der Waals surface area contributed by atoms with Crippen molar-refractivity contribution >= 4 is 5.97 Å². The molecule has 116 valence electrons. The maximum Gasteiger partial charge on any atom is 0.323 e. The molecule has 1 unspecified atom stereocenters. The molecule has 1 heterocycles. The second-order valence-corrected chi connectivity index (χ2v) is 6.05. The fourth-order valence-corrected chi connectivity index (χ4v) is 2.83. The van der Waals surface area contributed by atoms with E-state index in [4.69, 9.17) is 9.47 Å². The van der Waals surface area contributed by atoms with E-state index in [2.05, 4.69) is 24.1 Å². The summed E-state index contributed by atoms with van der Waals surface area (Å²) in [6.45, 7) is 9.33. The molecule has 0 aromatic carbocycles. The highest BCUT2D eigenvalue weighted by Gasteiger charge is 2.30. The quantitative estimate of drug-likeness (QED) is 0.711. The monoisotopic (exact) mass is 284 g/mol. The van der Waals surface area contributed by atoms with Crippen LogP contribution >= 0.6 is 0 Å². The van der Waals surface area contributed by atoms with Gasteiger partial charge >= 0.3 is 5.97 Å². The summed E-state index contributed by atoms with van der Waals surface area (Å²) in [7, 11) is 0. The van der Waals surface area contributed by atoms with Crippen LogP contribution in [0.2, 0.25) is 0 Å². The molecule has 5 nitrogen and oxygen atoms in total. The highest BCUT2D eigenvalue weighted by atomic mass is 16.5. The summed E-state index contributed by atoms with van der Waals surface area (Å²) in [6.07, 6.45) is 3.73. The first-order valence-electron chi connectivity index (χ1n) is 7.89. The lowest BCUT2D eigenvalue weighted by Crippen LogP contribution is -2.48. The van der Waals surface area contributed by atoms with Crippen molar-refractivity contribution in [2.24, 2.45) is 0 Å². The molecule has 1 aliphatic carbocycles. The Morgan fingerprint density at radius 2 is 2.00 bits per heavy atom. The molecule has 5 heteroatoms. The van der Waals surface area contributed by atoms with E-state index >= 15 is 0 Å². The standard InChI is InChI=1S/C15H28N2O3/c1-4-19-15(18)14(16-13-5-6-13)7-8-17-9-11(2)20-12(3)10-17/h11-14,16H,4-10H2,1-3H3/t11-,12+,14?. The van der Waals surface area contributed by atoms with E-state index in [9.17, 15) is 4.79 Å². The Bertz CT molecular complexity index is 310. The van der Waals surface area contributed by atoms with Gasteiger partial charge in [0, 0.05) is 25.7 Å². The minimum absolute atomic E-state index is 0.103. The van der Waals surface area contributed by atoms with Gasteiger partial charge in [-0.05, 0) is 40.0 Å². The minimum Gasteiger partial charge on any atom is -0.465 e. The molecule has 2 fully saturated rings. The van der Waals surface area contributed by atoms with Gasteiger partial charge in [0.2, 0.25) is 0 Å². The Kier molecular flexibility index (Phi) is 5.81. The van der Waals surface area contributed by atoms with Crippen LogP contribution in [0.3, 0.4) is 0 Å². The lowest BCUT2D eigenvalue weighted by Gasteiger charge is -2.35.